The number of rotatable bonds is 1. The Kier molecular flexibility index (Phi) is 5.27. The Morgan fingerprint density at radius 3 is 2.33 bits per heavy atom. The van der Waals surface area contributed by atoms with Crippen molar-refractivity contribution in [3.8, 4) is 0 Å². The molecular weight excluding hydrogens is 271 g/mol. The molecule has 7 heteroatoms. The van der Waals surface area contributed by atoms with E-state index in [0.29, 0.717) is 13.2 Å². The zero-order valence-electron chi connectivity index (χ0n) is 9.26. The Balaban J connectivity index is 0.000000225. The highest BCUT2D eigenvalue weighted by Crippen LogP contribution is 2.32. The van der Waals surface area contributed by atoms with Crippen LogP contribution in [0.5, 0.6) is 0 Å². The molecule has 0 saturated carbocycles. The molecule has 2 rings (SSSR count). The third kappa shape index (κ3) is 4.44. The van der Waals surface area contributed by atoms with Gasteiger partial charge in [-0.15, -0.1) is 11.6 Å². The normalized spacial score (nSPS) is 14.3. The molecule has 0 aliphatic carbocycles. The van der Waals surface area contributed by atoms with Crippen LogP contribution in [0.25, 0.3) is 0 Å². The molecule has 0 unspecified atom stereocenters. The molecule has 0 aromatic heterocycles. The summed E-state index contributed by atoms with van der Waals surface area (Å²) in [4.78, 5) is 9.91. The van der Waals surface area contributed by atoms with Crippen LogP contribution in [-0.4, -0.2) is 19.2 Å². The van der Waals surface area contributed by atoms with Crippen molar-refractivity contribution in [1.82, 2.24) is 5.32 Å². The molecular formula is C11H11ClF3NO2. The summed E-state index contributed by atoms with van der Waals surface area (Å²) < 4.78 is 40.9. The van der Waals surface area contributed by atoms with Crippen LogP contribution in [-0.2, 0) is 16.8 Å². The summed E-state index contributed by atoms with van der Waals surface area (Å²) in [5.41, 5.74) is -0.535. The fourth-order valence-corrected chi connectivity index (χ4v) is 1.49. The Bertz CT molecular complexity index is 402. The van der Waals surface area contributed by atoms with Gasteiger partial charge in [0.2, 0.25) is 0 Å². The smallest absolute Gasteiger partial charge is 0.416 e. The molecule has 1 heterocycles. The van der Waals surface area contributed by atoms with Gasteiger partial charge < -0.3 is 10.1 Å². The Hall–Kier alpha value is -1.43. The predicted octanol–water partition coefficient (Wildman–Crippen LogP) is 3.17. The first-order valence-corrected chi connectivity index (χ1v) is 5.60. The molecule has 1 aliphatic rings. The van der Waals surface area contributed by atoms with Crippen LogP contribution in [0.2, 0.25) is 0 Å². The summed E-state index contributed by atoms with van der Waals surface area (Å²) >= 11 is 5.34. The molecule has 1 aromatic carbocycles. The molecule has 1 aromatic rings. The summed E-state index contributed by atoms with van der Waals surface area (Å²) in [6.07, 6.45) is -4.60. The van der Waals surface area contributed by atoms with E-state index >= 15 is 0 Å². The van der Waals surface area contributed by atoms with Crippen molar-refractivity contribution in [3.63, 3.8) is 0 Å². The minimum absolute atomic E-state index is 0.115. The number of carbonyl (C=O) groups is 1. The van der Waals surface area contributed by atoms with Gasteiger partial charge in [-0.05, 0) is 11.6 Å². The molecule has 1 fully saturated rings. The van der Waals surface area contributed by atoms with Crippen molar-refractivity contribution in [2.75, 3.05) is 13.2 Å². The fraction of sp³-hybridized carbons (Fsp3) is 0.364. The van der Waals surface area contributed by atoms with E-state index in [9.17, 15) is 18.0 Å². The molecule has 0 atom stereocenters. The number of cyclic esters (lactones) is 1. The number of benzene rings is 1. The first kappa shape index (κ1) is 14.6. The Labute approximate surface area is 107 Å². The van der Waals surface area contributed by atoms with E-state index < -0.39 is 11.7 Å². The second kappa shape index (κ2) is 6.49. The van der Waals surface area contributed by atoms with Crippen LogP contribution >= 0.6 is 11.6 Å². The highest BCUT2D eigenvalue weighted by molar-refractivity contribution is 6.17. The average Bonchev–Trinajstić information content (AvgIpc) is 2.80. The summed E-state index contributed by atoms with van der Waals surface area (Å²) in [5.74, 6) is -0.115. The van der Waals surface area contributed by atoms with E-state index in [4.69, 9.17) is 11.6 Å². The van der Waals surface area contributed by atoms with Gasteiger partial charge >= 0.3 is 12.3 Å². The zero-order chi connectivity index (χ0) is 13.6. The second-order valence-electron chi connectivity index (χ2n) is 3.35. The van der Waals surface area contributed by atoms with Crippen LogP contribution in [0.1, 0.15) is 11.1 Å². The lowest BCUT2D eigenvalue weighted by Gasteiger charge is -2.09. The van der Waals surface area contributed by atoms with E-state index in [-0.39, 0.29) is 17.5 Å². The summed E-state index contributed by atoms with van der Waals surface area (Å²) in [6.45, 7) is 1.19. The van der Waals surface area contributed by atoms with Gasteiger partial charge in [-0.3, -0.25) is 0 Å². The van der Waals surface area contributed by atoms with Gasteiger partial charge in [0.1, 0.15) is 6.61 Å². The van der Waals surface area contributed by atoms with Crippen LogP contribution in [0.4, 0.5) is 18.0 Å². The van der Waals surface area contributed by atoms with Crippen LogP contribution in [0.15, 0.2) is 24.3 Å². The maximum Gasteiger partial charge on any atom is 0.416 e. The molecule has 1 saturated heterocycles. The van der Waals surface area contributed by atoms with Crippen LogP contribution < -0.4 is 5.32 Å². The minimum Gasteiger partial charge on any atom is -0.448 e. The number of hydrogen-bond acceptors (Lipinski definition) is 2. The van der Waals surface area contributed by atoms with Gasteiger partial charge in [0, 0.05) is 5.88 Å². The highest BCUT2D eigenvalue weighted by atomic mass is 35.5. The molecule has 3 nitrogen and oxygen atoms in total. The topological polar surface area (TPSA) is 38.3 Å². The molecule has 0 spiro atoms. The van der Waals surface area contributed by atoms with E-state index in [1.807, 2.05) is 0 Å². The summed E-state index contributed by atoms with van der Waals surface area (Å²) in [7, 11) is 0. The van der Waals surface area contributed by atoms with Gasteiger partial charge in [-0.1, -0.05) is 18.2 Å². The number of halogens is 4. The van der Waals surface area contributed by atoms with Crippen molar-refractivity contribution in [1.29, 1.82) is 0 Å². The molecule has 1 amide bonds. The van der Waals surface area contributed by atoms with Gasteiger partial charge in [0.05, 0.1) is 12.1 Å². The van der Waals surface area contributed by atoms with Crippen LogP contribution in [0, 0.1) is 0 Å². The lowest BCUT2D eigenvalue weighted by Crippen LogP contribution is -2.11. The van der Waals surface area contributed by atoms with Gasteiger partial charge in [0.25, 0.3) is 0 Å². The third-order valence-electron chi connectivity index (χ3n) is 2.07. The van der Waals surface area contributed by atoms with Crippen molar-refractivity contribution in [2.24, 2.45) is 0 Å². The first-order valence-electron chi connectivity index (χ1n) is 5.07. The number of hydrogen-bond donors (Lipinski definition) is 1. The van der Waals surface area contributed by atoms with Crippen molar-refractivity contribution >= 4 is 17.7 Å². The lowest BCUT2D eigenvalue weighted by molar-refractivity contribution is -0.138. The molecule has 1 aliphatic heterocycles. The molecule has 1 N–H and O–H groups in total. The number of amides is 1. The maximum absolute atomic E-state index is 12.2. The molecule has 0 radical (unpaired) electrons. The van der Waals surface area contributed by atoms with E-state index in [1.165, 1.54) is 18.2 Å². The average molecular weight is 282 g/mol. The van der Waals surface area contributed by atoms with Gasteiger partial charge in [0.15, 0.2) is 0 Å². The van der Waals surface area contributed by atoms with Crippen molar-refractivity contribution in [2.45, 2.75) is 12.1 Å². The monoisotopic (exact) mass is 281 g/mol. The second-order valence-corrected chi connectivity index (χ2v) is 3.62. The lowest BCUT2D eigenvalue weighted by atomic mass is 10.1. The zero-order valence-corrected chi connectivity index (χ0v) is 10.0. The SMILES string of the molecule is FC(F)(F)c1ccccc1CCl.O=C1NCCO1. The number of carbonyl (C=O) groups excluding carboxylic acids is 1. The summed E-state index contributed by atoms with van der Waals surface area (Å²) in [6, 6.07) is 5.28. The predicted molar refractivity (Wildman–Crippen MR) is 60.4 cm³/mol. The molecule has 0 bridgehead atoms. The largest absolute Gasteiger partial charge is 0.448 e. The van der Waals surface area contributed by atoms with Gasteiger partial charge in [-0.2, -0.15) is 13.2 Å². The number of ether oxygens (including phenoxy) is 1. The van der Waals surface area contributed by atoms with E-state index in [0.717, 1.165) is 6.07 Å². The third-order valence-corrected chi connectivity index (χ3v) is 2.36. The quantitative estimate of drug-likeness (QED) is 0.803. The minimum atomic E-state index is -4.30. The van der Waals surface area contributed by atoms with Crippen molar-refractivity contribution < 1.29 is 22.7 Å². The first-order chi connectivity index (χ1) is 8.45. The standard InChI is InChI=1S/C8H6ClF3.C3H5NO2/c9-5-6-3-1-2-4-7(6)8(10,11)12;5-3-4-1-2-6-3/h1-4H,5H2;1-2H2,(H,4,5). The molecule has 100 valence electrons. The van der Waals surface area contributed by atoms with E-state index in [1.54, 1.807) is 0 Å². The van der Waals surface area contributed by atoms with Gasteiger partial charge in [-0.25, -0.2) is 4.79 Å². The maximum atomic E-state index is 12.2. The number of alkyl halides is 4. The Morgan fingerprint density at radius 2 is 2.00 bits per heavy atom. The molecule has 18 heavy (non-hydrogen) atoms. The Morgan fingerprint density at radius 1 is 1.33 bits per heavy atom. The summed E-state index contributed by atoms with van der Waals surface area (Å²) in [5, 5.41) is 2.46. The number of alkyl carbamates (subject to hydrolysis) is 1. The number of nitrogens with one attached hydrogen (secondary N) is 1. The van der Waals surface area contributed by atoms with Crippen LogP contribution in [0.3, 0.4) is 0 Å². The van der Waals surface area contributed by atoms with E-state index in [2.05, 4.69) is 10.1 Å². The fourth-order valence-electron chi connectivity index (χ4n) is 1.26. The van der Waals surface area contributed by atoms with Crippen molar-refractivity contribution in [3.05, 3.63) is 35.4 Å². The highest BCUT2D eigenvalue weighted by Gasteiger charge is 2.32.